The third kappa shape index (κ3) is 6.16. The minimum Gasteiger partial charge on any atom is -0.321 e. The molecule has 31 heavy (non-hydrogen) atoms. The topological polar surface area (TPSA) is 52.9 Å². The standard InChI is InChI=1S/C27H25BrN2O/c1-4-20-6-9-25(10-7-20)30-27(31)24(17-29)14-21-5-8-23(26(28)16-21)15-22-12-18(2)11-19(3)13-22/h5-14,16H,4,15H2,1-3H3,(H,30,31)/b24-14+. The largest absolute Gasteiger partial charge is 0.321 e. The van der Waals surface area contributed by atoms with Gasteiger partial charge < -0.3 is 5.32 Å². The quantitative estimate of drug-likeness (QED) is 0.318. The molecule has 3 nitrogen and oxygen atoms in total. The van der Waals surface area contributed by atoms with Crippen molar-refractivity contribution in [3.8, 4) is 6.07 Å². The van der Waals surface area contributed by atoms with Gasteiger partial charge in [0.1, 0.15) is 11.6 Å². The molecule has 0 aliphatic rings. The lowest BCUT2D eigenvalue weighted by Gasteiger charge is -2.09. The summed E-state index contributed by atoms with van der Waals surface area (Å²) in [5, 5.41) is 12.3. The van der Waals surface area contributed by atoms with Crippen LogP contribution in [0.3, 0.4) is 0 Å². The van der Waals surface area contributed by atoms with Crippen molar-refractivity contribution < 1.29 is 4.79 Å². The zero-order valence-electron chi connectivity index (χ0n) is 18.0. The maximum absolute atomic E-state index is 12.5. The number of nitrogens with zero attached hydrogens (tertiary/aromatic N) is 1. The summed E-state index contributed by atoms with van der Waals surface area (Å²) in [5.41, 5.74) is 7.64. The number of carbonyl (C=O) groups is 1. The van der Waals surface area contributed by atoms with Gasteiger partial charge in [-0.15, -0.1) is 0 Å². The summed E-state index contributed by atoms with van der Waals surface area (Å²) in [4.78, 5) is 12.5. The van der Waals surface area contributed by atoms with Crippen LogP contribution in [0, 0.1) is 25.2 Å². The molecular formula is C27H25BrN2O. The first-order valence-corrected chi connectivity index (χ1v) is 11.0. The maximum atomic E-state index is 12.5. The molecule has 3 rings (SSSR count). The van der Waals surface area contributed by atoms with E-state index in [1.165, 1.54) is 22.3 Å². The molecule has 0 saturated carbocycles. The number of aryl methyl sites for hydroxylation is 3. The third-order valence-electron chi connectivity index (χ3n) is 5.05. The number of hydrogen-bond acceptors (Lipinski definition) is 2. The fourth-order valence-corrected chi connectivity index (χ4v) is 4.06. The molecule has 1 amide bonds. The minimum atomic E-state index is -0.415. The summed E-state index contributed by atoms with van der Waals surface area (Å²) in [6.07, 6.45) is 3.36. The van der Waals surface area contributed by atoms with E-state index < -0.39 is 5.91 Å². The zero-order chi connectivity index (χ0) is 22.4. The summed E-state index contributed by atoms with van der Waals surface area (Å²) in [5.74, 6) is -0.415. The van der Waals surface area contributed by atoms with Crippen molar-refractivity contribution in [2.24, 2.45) is 0 Å². The van der Waals surface area contributed by atoms with Gasteiger partial charge in [-0.3, -0.25) is 4.79 Å². The Balaban J connectivity index is 1.76. The van der Waals surface area contributed by atoms with Crippen LogP contribution in [0.1, 0.15) is 40.3 Å². The molecule has 0 spiro atoms. The highest BCUT2D eigenvalue weighted by Gasteiger charge is 2.11. The summed E-state index contributed by atoms with van der Waals surface area (Å²) < 4.78 is 0.952. The van der Waals surface area contributed by atoms with Crippen LogP contribution in [0.5, 0.6) is 0 Å². The van der Waals surface area contributed by atoms with Gasteiger partial charge in [-0.2, -0.15) is 5.26 Å². The summed E-state index contributed by atoms with van der Waals surface area (Å²) in [6.45, 7) is 6.29. The van der Waals surface area contributed by atoms with E-state index in [1.807, 2.05) is 48.5 Å². The average Bonchev–Trinajstić information content (AvgIpc) is 2.73. The average molecular weight is 473 g/mol. The van der Waals surface area contributed by atoms with Crippen molar-refractivity contribution in [3.05, 3.63) is 104 Å². The van der Waals surface area contributed by atoms with Gasteiger partial charge in [-0.25, -0.2) is 0 Å². The van der Waals surface area contributed by atoms with Crippen LogP contribution in [0.25, 0.3) is 6.08 Å². The van der Waals surface area contributed by atoms with Gasteiger partial charge in [0.2, 0.25) is 0 Å². The number of rotatable bonds is 6. The lowest BCUT2D eigenvalue weighted by molar-refractivity contribution is -0.112. The van der Waals surface area contributed by atoms with Crippen molar-refractivity contribution in [1.29, 1.82) is 5.26 Å². The first-order chi connectivity index (χ1) is 14.9. The SMILES string of the molecule is CCc1ccc(NC(=O)/C(C#N)=C/c2ccc(Cc3cc(C)cc(C)c3)c(Br)c2)cc1. The number of halogens is 1. The van der Waals surface area contributed by atoms with Crippen LogP contribution < -0.4 is 5.32 Å². The highest BCUT2D eigenvalue weighted by molar-refractivity contribution is 9.10. The fourth-order valence-electron chi connectivity index (χ4n) is 3.53. The fraction of sp³-hybridized carbons (Fsp3) is 0.185. The van der Waals surface area contributed by atoms with Crippen molar-refractivity contribution in [2.75, 3.05) is 5.32 Å². The number of anilines is 1. The highest BCUT2D eigenvalue weighted by atomic mass is 79.9. The van der Waals surface area contributed by atoms with Gasteiger partial charge in [0.15, 0.2) is 0 Å². The van der Waals surface area contributed by atoms with Crippen LogP contribution in [0.2, 0.25) is 0 Å². The summed E-state index contributed by atoms with van der Waals surface area (Å²) in [6, 6.07) is 22.1. The van der Waals surface area contributed by atoms with Crippen LogP contribution in [-0.2, 0) is 17.6 Å². The second-order valence-corrected chi connectivity index (χ2v) is 8.55. The van der Waals surface area contributed by atoms with E-state index in [0.29, 0.717) is 5.69 Å². The Morgan fingerprint density at radius 1 is 1.00 bits per heavy atom. The number of carbonyl (C=O) groups excluding carboxylic acids is 1. The lowest BCUT2D eigenvalue weighted by atomic mass is 9.99. The Kier molecular flexibility index (Phi) is 7.44. The molecule has 1 N–H and O–H groups in total. The van der Waals surface area contributed by atoms with Gasteiger partial charge in [-0.1, -0.05) is 76.4 Å². The summed E-state index contributed by atoms with van der Waals surface area (Å²) in [7, 11) is 0. The van der Waals surface area contributed by atoms with E-state index in [1.54, 1.807) is 6.08 Å². The molecule has 0 heterocycles. The van der Waals surface area contributed by atoms with Gasteiger partial charge in [-0.05, 0) is 73.2 Å². The van der Waals surface area contributed by atoms with E-state index in [4.69, 9.17) is 0 Å². The summed E-state index contributed by atoms with van der Waals surface area (Å²) >= 11 is 3.65. The molecule has 0 aromatic heterocycles. The van der Waals surface area contributed by atoms with Gasteiger partial charge in [0.25, 0.3) is 5.91 Å². The number of amides is 1. The van der Waals surface area contributed by atoms with Crippen molar-refractivity contribution in [2.45, 2.75) is 33.6 Å². The Labute approximate surface area is 192 Å². The van der Waals surface area contributed by atoms with E-state index in [9.17, 15) is 10.1 Å². The number of nitrogens with one attached hydrogen (secondary N) is 1. The zero-order valence-corrected chi connectivity index (χ0v) is 19.6. The Bertz CT molecular complexity index is 1150. The third-order valence-corrected chi connectivity index (χ3v) is 5.79. The molecule has 0 fully saturated rings. The molecule has 0 atom stereocenters. The van der Waals surface area contributed by atoms with Crippen molar-refractivity contribution in [1.82, 2.24) is 0 Å². The second kappa shape index (κ2) is 10.2. The molecular weight excluding hydrogens is 448 g/mol. The van der Waals surface area contributed by atoms with Crippen LogP contribution in [0.4, 0.5) is 5.69 Å². The molecule has 0 saturated heterocycles. The Morgan fingerprint density at radius 2 is 1.68 bits per heavy atom. The van der Waals surface area contributed by atoms with Crippen molar-refractivity contribution >= 4 is 33.6 Å². The molecule has 3 aromatic carbocycles. The van der Waals surface area contributed by atoms with Gasteiger partial charge in [0, 0.05) is 10.2 Å². The first kappa shape index (κ1) is 22.5. The van der Waals surface area contributed by atoms with E-state index in [-0.39, 0.29) is 5.57 Å². The molecule has 0 bridgehead atoms. The second-order valence-electron chi connectivity index (χ2n) is 7.70. The van der Waals surface area contributed by atoms with Gasteiger partial charge in [0.05, 0.1) is 0 Å². The number of nitriles is 1. The highest BCUT2D eigenvalue weighted by Crippen LogP contribution is 2.24. The van der Waals surface area contributed by atoms with E-state index >= 15 is 0 Å². The molecule has 0 aliphatic carbocycles. The molecule has 156 valence electrons. The molecule has 4 heteroatoms. The van der Waals surface area contributed by atoms with E-state index in [0.717, 1.165) is 28.4 Å². The van der Waals surface area contributed by atoms with Crippen LogP contribution in [-0.4, -0.2) is 5.91 Å². The normalized spacial score (nSPS) is 11.1. The Hall–Kier alpha value is -3.16. The Morgan fingerprint density at radius 3 is 2.26 bits per heavy atom. The number of hydrogen-bond donors (Lipinski definition) is 1. The molecule has 0 radical (unpaired) electrons. The predicted molar refractivity (Wildman–Crippen MR) is 131 cm³/mol. The van der Waals surface area contributed by atoms with Crippen molar-refractivity contribution in [3.63, 3.8) is 0 Å². The first-order valence-electron chi connectivity index (χ1n) is 10.3. The number of benzene rings is 3. The molecule has 0 aliphatic heterocycles. The molecule has 0 unspecified atom stereocenters. The smallest absolute Gasteiger partial charge is 0.266 e. The predicted octanol–water partition coefficient (Wildman–Crippen LogP) is 6.76. The van der Waals surface area contributed by atoms with E-state index in [2.05, 4.69) is 60.2 Å². The lowest BCUT2D eigenvalue weighted by Crippen LogP contribution is -2.13. The monoisotopic (exact) mass is 472 g/mol. The van der Waals surface area contributed by atoms with Crippen LogP contribution >= 0.6 is 15.9 Å². The van der Waals surface area contributed by atoms with Crippen LogP contribution in [0.15, 0.2) is 70.7 Å². The minimum absolute atomic E-state index is 0.0635. The molecule has 3 aromatic rings. The maximum Gasteiger partial charge on any atom is 0.266 e. The van der Waals surface area contributed by atoms with Gasteiger partial charge >= 0.3 is 0 Å².